The Kier molecular flexibility index (Phi) is 3.19. The molecule has 2 aromatic heterocycles. The summed E-state index contributed by atoms with van der Waals surface area (Å²) in [6.45, 7) is 6.61. The zero-order valence-corrected chi connectivity index (χ0v) is 11.5. The van der Waals surface area contributed by atoms with E-state index >= 15 is 0 Å². The van der Waals surface area contributed by atoms with Crippen molar-refractivity contribution in [2.45, 2.75) is 26.8 Å². The molecule has 0 amide bonds. The molecule has 0 spiro atoms. The van der Waals surface area contributed by atoms with Crippen molar-refractivity contribution in [2.24, 2.45) is 5.92 Å². The summed E-state index contributed by atoms with van der Waals surface area (Å²) in [5.41, 5.74) is 5.76. The fourth-order valence-corrected chi connectivity index (χ4v) is 2.53. The molecule has 4 nitrogen and oxygen atoms in total. The number of aromatic nitrogens is 2. The second-order valence-electron chi connectivity index (χ2n) is 4.64. The molecular formula is C12H18N4S. The van der Waals surface area contributed by atoms with Crippen LogP contribution in [0, 0.1) is 5.92 Å². The van der Waals surface area contributed by atoms with Crippen LogP contribution in [0.25, 0.3) is 10.2 Å². The van der Waals surface area contributed by atoms with E-state index in [4.69, 9.17) is 5.73 Å². The Morgan fingerprint density at radius 3 is 2.65 bits per heavy atom. The van der Waals surface area contributed by atoms with Crippen LogP contribution in [0.5, 0.6) is 0 Å². The quantitative estimate of drug-likeness (QED) is 0.910. The van der Waals surface area contributed by atoms with E-state index in [1.807, 2.05) is 5.38 Å². The predicted molar refractivity (Wildman–Crippen MR) is 74.5 cm³/mol. The summed E-state index contributed by atoms with van der Waals surface area (Å²) in [6.07, 6.45) is 0. The molecular weight excluding hydrogens is 232 g/mol. The molecule has 0 saturated carbocycles. The molecule has 17 heavy (non-hydrogen) atoms. The summed E-state index contributed by atoms with van der Waals surface area (Å²) in [4.78, 5) is 11.7. The van der Waals surface area contributed by atoms with Crippen molar-refractivity contribution in [3.8, 4) is 0 Å². The van der Waals surface area contributed by atoms with Crippen molar-refractivity contribution in [1.29, 1.82) is 0 Å². The molecule has 0 aliphatic heterocycles. The first-order chi connectivity index (χ1) is 8.00. The Labute approximate surface area is 105 Å². The van der Waals surface area contributed by atoms with E-state index < -0.39 is 0 Å². The second-order valence-corrected chi connectivity index (χ2v) is 5.53. The van der Waals surface area contributed by atoms with Gasteiger partial charge < -0.3 is 10.6 Å². The minimum absolute atomic E-state index is 0.345. The highest BCUT2D eigenvalue weighted by Crippen LogP contribution is 2.29. The first-order valence-corrected chi connectivity index (χ1v) is 6.62. The highest BCUT2D eigenvalue weighted by Gasteiger charge is 2.18. The average Bonchev–Trinajstić information content (AvgIpc) is 2.73. The summed E-state index contributed by atoms with van der Waals surface area (Å²) in [5, 5.41) is 3.11. The summed E-state index contributed by atoms with van der Waals surface area (Å²) < 4.78 is 0. The molecule has 0 aliphatic carbocycles. The van der Waals surface area contributed by atoms with E-state index in [0.717, 1.165) is 16.0 Å². The molecule has 92 valence electrons. The molecule has 0 fully saturated rings. The molecule has 0 bridgehead atoms. The van der Waals surface area contributed by atoms with Crippen LogP contribution in [0.4, 0.5) is 11.8 Å². The van der Waals surface area contributed by atoms with Crippen molar-refractivity contribution in [2.75, 3.05) is 17.7 Å². The lowest BCUT2D eigenvalue weighted by Crippen LogP contribution is -2.34. The number of nitrogen functional groups attached to an aromatic ring is 1. The van der Waals surface area contributed by atoms with Gasteiger partial charge >= 0.3 is 0 Å². The summed E-state index contributed by atoms with van der Waals surface area (Å²) in [7, 11) is 2.06. The van der Waals surface area contributed by atoms with Crippen LogP contribution < -0.4 is 10.6 Å². The predicted octanol–water partition coefficient (Wildman–Crippen LogP) is 2.75. The van der Waals surface area contributed by atoms with Gasteiger partial charge in [0.05, 0.1) is 5.39 Å². The summed E-state index contributed by atoms with van der Waals surface area (Å²) >= 11 is 1.60. The number of hydrogen-bond acceptors (Lipinski definition) is 5. The molecule has 0 aromatic carbocycles. The Bertz CT molecular complexity index is 520. The number of nitrogens with zero attached hydrogens (tertiary/aromatic N) is 3. The Balaban J connectivity index is 2.50. The maximum atomic E-state index is 5.76. The number of nitrogens with two attached hydrogens (primary N) is 1. The number of rotatable bonds is 3. The number of hydrogen-bond donors (Lipinski definition) is 1. The van der Waals surface area contributed by atoms with Crippen LogP contribution in [0.3, 0.4) is 0 Å². The Hall–Kier alpha value is -1.36. The van der Waals surface area contributed by atoms with Crippen LogP contribution in [-0.2, 0) is 0 Å². The zero-order valence-electron chi connectivity index (χ0n) is 10.6. The fraction of sp³-hybridized carbons (Fsp3) is 0.500. The zero-order chi connectivity index (χ0) is 12.6. The molecule has 0 saturated heterocycles. The molecule has 2 N–H and O–H groups in total. The molecule has 5 heteroatoms. The van der Waals surface area contributed by atoms with Crippen molar-refractivity contribution >= 4 is 33.3 Å². The third kappa shape index (κ3) is 2.20. The van der Waals surface area contributed by atoms with Crippen LogP contribution in [0.2, 0.25) is 0 Å². The smallest absolute Gasteiger partial charge is 0.223 e. The van der Waals surface area contributed by atoms with Gasteiger partial charge in [-0.05, 0) is 24.3 Å². The van der Waals surface area contributed by atoms with Gasteiger partial charge in [0.25, 0.3) is 0 Å². The lowest BCUT2D eigenvalue weighted by molar-refractivity contribution is 0.503. The largest absolute Gasteiger partial charge is 0.368 e. The van der Waals surface area contributed by atoms with Crippen LogP contribution in [-0.4, -0.2) is 23.1 Å². The number of thiophene rings is 1. The molecule has 1 atom stereocenters. The third-order valence-electron chi connectivity index (χ3n) is 3.23. The maximum Gasteiger partial charge on any atom is 0.223 e. The van der Waals surface area contributed by atoms with Gasteiger partial charge in [0.2, 0.25) is 5.95 Å². The van der Waals surface area contributed by atoms with Crippen molar-refractivity contribution in [3.63, 3.8) is 0 Å². The highest BCUT2D eigenvalue weighted by atomic mass is 32.1. The van der Waals surface area contributed by atoms with Crippen LogP contribution in [0.15, 0.2) is 11.4 Å². The minimum atomic E-state index is 0.345. The molecule has 2 heterocycles. The van der Waals surface area contributed by atoms with Gasteiger partial charge in [-0.1, -0.05) is 13.8 Å². The van der Waals surface area contributed by atoms with E-state index in [0.29, 0.717) is 17.9 Å². The maximum absolute atomic E-state index is 5.76. The van der Waals surface area contributed by atoms with Gasteiger partial charge in [-0.2, -0.15) is 4.98 Å². The van der Waals surface area contributed by atoms with Gasteiger partial charge in [0, 0.05) is 13.1 Å². The standard InChI is InChI=1S/C12H18N4S/c1-7(2)8(3)16(4)10-9-5-6-17-11(9)15-12(13)14-10/h5-8H,1-4H3,(H2,13,14,15). The number of anilines is 2. The van der Waals surface area contributed by atoms with E-state index in [-0.39, 0.29) is 0 Å². The normalized spacial score (nSPS) is 13.2. The lowest BCUT2D eigenvalue weighted by atomic mass is 10.1. The van der Waals surface area contributed by atoms with Gasteiger partial charge in [0.1, 0.15) is 10.6 Å². The third-order valence-corrected chi connectivity index (χ3v) is 4.04. The SMILES string of the molecule is CC(C)C(C)N(C)c1nc(N)nc2sccc12. The Morgan fingerprint density at radius 2 is 2.00 bits per heavy atom. The molecule has 0 aliphatic rings. The fourth-order valence-electron chi connectivity index (χ4n) is 1.76. The second kappa shape index (κ2) is 4.49. The van der Waals surface area contributed by atoms with Crippen molar-refractivity contribution < 1.29 is 0 Å². The van der Waals surface area contributed by atoms with E-state index in [1.165, 1.54) is 0 Å². The highest BCUT2D eigenvalue weighted by molar-refractivity contribution is 7.16. The van der Waals surface area contributed by atoms with Gasteiger partial charge in [-0.25, -0.2) is 4.98 Å². The molecule has 2 rings (SSSR count). The molecule has 0 radical (unpaired) electrons. The summed E-state index contributed by atoms with van der Waals surface area (Å²) in [5.74, 6) is 1.83. The van der Waals surface area contributed by atoms with Gasteiger partial charge in [-0.15, -0.1) is 11.3 Å². The van der Waals surface area contributed by atoms with Crippen molar-refractivity contribution in [1.82, 2.24) is 9.97 Å². The molecule has 2 aromatic rings. The molecule has 1 unspecified atom stereocenters. The summed E-state index contributed by atoms with van der Waals surface area (Å²) in [6, 6.07) is 2.46. The lowest BCUT2D eigenvalue weighted by Gasteiger charge is -2.29. The topological polar surface area (TPSA) is 55.0 Å². The average molecular weight is 250 g/mol. The number of fused-ring (bicyclic) bond motifs is 1. The van der Waals surface area contributed by atoms with Gasteiger partial charge in [0.15, 0.2) is 0 Å². The Morgan fingerprint density at radius 1 is 1.29 bits per heavy atom. The first kappa shape index (κ1) is 12.1. The first-order valence-electron chi connectivity index (χ1n) is 5.74. The van der Waals surface area contributed by atoms with E-state index in [2.05, 4.69) is 48.8 Å². The minimum Gasteiger partial charge on any atom is -0.368 e. The van der Waals surface area contributed by atoms with Crippen LogP contribution >= 0.6 is 11.3 Å². The van der Waals surface area contributed by atoms with E-state index in [1.54, 1.807) is 11.3 Å². The van der Waals surface area contributed by atoms with Crippen molar-refractivity contribution in [3.05, 3.63) is 11.4 Å². The van der Waals surface area contributed by atoms with Gasteiger partial charge in [-0.3, -0.25) is 0 Å². The van der Waals surface area contributed by atoms with E-state index in [9.17, 15) is 0 Å². The monoisotopic (exact) mass is 250 g/mol. The van der Waals surface area contributed by atoms with Crippen LogP contribution in [0.1, 0.15) is 20.8 Å².